The monoisotopic (exact) mass is 273 g/mol. The van der Waals surface area contributed by atoms with Crippen LogP contribution in [0.15, 0.2) is 30.3 Å². The van der Waals surface area contributed by atoms with Gasteiger partial charge in [-0.05, 0) is 37.8 Å². The summed E-state index contributed by atoms with van der Waals surface area (Å²) in [6.07, 6.45) is 5.16. The van der Waals surface area contributed by atoms with Crippen molar-refractivity contribution in [2.75, 3.05) is 26.2 Å². The largest absolute Gasteiger partial charge is 0.375 e. The van der Waals surface area contributed by atoms with Gasteiger partial charge in [0.1, 0.15) is 0 Å². The van der Waals surface area contributed by atoms with E-state index in [0.717, 1.165) is 26.3 Å². The zero-order valence-corrected chi connectivity index (χ0v) is 12.2. The van der Waals surface area contributed by atoms with Crippen molar-refractivity contribution in [3.63, 3.8) is 0 Å². The number of hydrogen-bond donors (Lipinski definition) is 0. The van der Waals surface area contributed by atoms with Crippen LogP contribution in [-0.4, -0.2) is 43.2 Å². The van der Waals surface area contributed by atoms with Crippen LogP contribution in [0.3, 0.4) is 0 Å². The first-order chi connectivity index (χ1) is 9.92. The number of likely N-dealkylation sites (tertiary alicyclic amines) is 1. The van der Waals surface area contributed by atoms with Gasteiger partial charge in [-0.15, -0.1) is 0 Å². The molecular formula is C17H25N2O. The lowest BCUT2D eigenvalue weighted by molar-refractivity contribution is 0.0641. The minimum atomic E-state index is 0.588. The standard InChI is InChI=1S/C17H25N2O/c1-2-6-15(7-3-1)13-20-14-17-9-5-11-19(17)12-16-8-4-10-18-16/h1-3,6-7,16-17H,4-5,8-14H2/t16-,17-/m0/s1. The number of hydrogen-bond acceptors (Lipinski definition) is 2. The molecule has 0 bridgehead atoms. The Morgan fingerprint density at radius 2 is 2.05 bits per heavy atom. The number of benzene rings is 1. The topological polar surface area (TPSA) is 26.6 Å². The molecule has 2 aliphatic rings. The van der Waals surface area contributed by atoms with E-state index >= 15 is 0 Å². The first kappa shape index (κ1) is 14.1. The molecule has 20 heavy (non-hydrogen) atoms. The third-order valence-electron chi connectivity index (χ3n) is 4.45. The van der Waals surface area contributed by atoms with Crippen LogP contribution in [0, 0.1) is 0 Å². The molecular weight excluding hydrogens is 248 g/mol. The Kier molecular flexibility index (Phi) is 5.06. The Bertz CT molecular complexity index is 389. The highest BCUT2D eigenvalue weighted by Crippen LogP contribution is 2.20. The summed E-state index contributed by atoms with van der Waals surface area (Å²) in [6.45, 7) is 5.05. The van der Waals surface area contributed by atoms with E-state index in [1.54, 1.807) is 0 Å². The van der Waals surface area contributed by atoms with Crippen molar-refractivity contribution in [2.24, 2.45) is 0 Å². The van der Waals surface area contributed by atoms with Crippen molar-refractivity contribution in [1.29, 1.82) is 0 Å². The van der Waals surface area contributed by atoms with Gasteiger partial charge in [0.05, 0.1) is 13.2 Å². The van der Waals surface area contributed by atoms with Gasteiger partial charge in [-0.25, -0.2) is 5.32 Å². The predicted molar refractivity (Wildman–Crippen MR) is 80.7 cm³/mol. The summed E-state index contributed by atoms with van der Waals surface area (Å²) >= 11 is 0. The van der Waals surface area contributed by atoms with Crippen molar-refractivity contribution in [2.45, 2.75) is 44.4 Å². The molecule has 2 atom stereocenters. The highest BCUT2D eigenvalue weighted by atomic mass is 16.5. The van der Waals surface area contributed by atoms with Gasteiger partial charge >= 0.3 is 0 Å². The molecule has 1 radical (unpaired) electrons. The van der Waals surface area contributed by atoms with E-state index in [2.05, 4.69) is 34.5 Å². The molecule has 1 aromatic carbocycles. The van der Waals surface area contributed by atoms with Crippen LogP contribution in [-0.2, 0) is 11.3 Å². The van der Waals surface area contributed by atoms with Crippen LogP contribution in [0.1, 0.15) is 31.2 Å². The molecule has 3 rings (SSSR count). The molecule has 2 saturated heterocycles. The molecule has 0 aromatic heterocycles. The number of nitrogens with zero attached hydrogens (tertiary/aromatic N) is 2. The summed E-state index contributed by atoms with van der Waals surface area (Å²) in [5.41, 5.74) is 1.27. The van der Waals surface area contributed by atoms with Crippen LogP contribution in [0.5, 0.6) is 0 Å². The van der Waals surface area contributed by atoms with Crippen LogP contribution < -0.4 is 5.32 Å². The molecule has 0 spiro atoms. The number of ether oxygens (including phenoxy) is 1. The van der Waals surface area contributed by atoms with Crippen molar-refractivity contribution >= 4 is 0 Å². The molecule has 2 fully saturated rings. The fraction of sp³-hybridized carbons (Fsp3) is 0.647. The van der Waals surface area contributed by atoms with Gasteiger partial charge in [0.2, 0.25) is 0 Å². The van der Waals surface area contributed by atoms with E-state index in [4.69, 9.17) is 4.74 Å². The Labute approximate surface area is 122 Å². The van der Waals surface area contributed by atoms with Gasteiger partial charge in [-0.3, -0.25) is 4.90 Å². The quantitative estimate of drug-likeness (QED) is 0.796. The first-order valence-corrected chi connectivity index (χ1v) is 7.94. The van der Waals surface area contributed by atoms with Crippen LogP contribution in [0.2, 0.25) is 0 Å². The second kappa shape index (κ2) is 7.21. The molecule has 0 aliphatic carbocycles. The zero-order chi connectivity index (χ0) is 13.6. The summed E-state index contributed by atoms with van der Waals surface area (Å²) in [5, 5.41) is 4.68. The molecule has 0 amide bonds. The van der Waals surface area contributed by atoms with Gasteiger partial charge in [-0.2, -0.15) is 0 Å². The van der Waals surface area contributed by atoms with Crippen molar-refractivity contribution in [3.8, 4) is 0 Å². The van der Waals surface area contributed by atoms with Crippen molar-refractivity contribution in [1.82, 2.24) is 10.2 Å². The van der Waals surface area contributed by atoms with Crippen LogP contribution >= 0.6 is 0 Å². The van der Waals surface area contributed by atoms with E-state index in [1.165, 1.54) is 37.8 Å². The molecule has 2 heterocycles. The molecule has 0 unspecified atom stereocenters. The van der Waals surface area contributed by atoms with E-state index < -0.39 is 0 Å². The average Bonchev–Trinajstić information content (AvgIpc) is 3.13. The Balaban J connectivity index is 1.41. The van der Waals surface area contributed by atoms with Crippen LogP contribution in [0.4, 0.5) is 0 Å². The lowest BCUT2D eigenvalue weighted by atomic mass is 10.2. The second-order valence-electron chi connectivity index (χ2n) is 5.99. The maximum Gasteiger partial charge on any atom is 0.0717 e. The molecule has 0 saturated carbocycles. The molecule has 1 aromatic rings. The summed E-state index contributed by atoms with van der Waals surface area (Å²) < 4.78 is 5.93. The molecule has 0 N–H and O–H groups in total. The smallest absolute Gasteiger partial charge is 0.0717 e. The maximum absolute atomic E-state index is 5.93. The van der Waals surface area contributed by atoms with E-state index in [1.807, 2.05) is 6.07 Å². The fourth-order valence-corrected chi connectivity index (χ4v) is 3.32. The summed E-state index contributed by atoms with van der Waals surface area (Å²) in [4.78, 5) is 2.60. The van der Waals surface area contributed by atoms with Gasteiger partial charge in [-0.1, -0.05) is 30.3 Å². The summed E-state index contributed by atoms with van der Waals surface area (Å²) in [5.74, 6) is 0. The summed E-state index contributed by atoms with van der Waals surface area (Å²) in [7, 11) is 0. The minimum absolute atomic E-state index is 0.588. The normalized spacial score (nSPS) is 27.2. The lowest BCUT2D eigenvalue weighted by Crippen LogP contribution is -2.40. The van der Waals surface area contributed by atoms with Gasteiger partial charge in [0.25, 0.3) is 0 Å². The first-order valence-electron chi connectivity index (χ1n) is 7.94. The minimum Gasteiger partial charge on any atom is -0.375 e. The highest BCUT2D eigenvalue weighted by Gasteiger charge is 2.28. The molecule has 3 nitrogen and oxygen atoms in total. The SMILES string of the molecule is c1ccc(COC[C@@H]2CCCN2C[C@@H]2CCC[N]2)cc1. The van der Waals surface area contributed by atoms with E-state index in [9.17, 15) is 0 Å². The lowest BCUT2D eigenvalue weighted by Gasteiger charge is -2.26. The summed E-state index contributed by atoms with van der Waals surface area (Å²) in [6, 6.07) is 11.6. The van der Waals surface area contributed by atoms with Crippen molar-refractivity contribution in [3.05, 3.63) is 35.9 Å². The second-order valence-corrected chi connectivity index (χ2v) is 5.99. The maximum atomic E-state index is 5.93. The van der Waals surface area contributed by atoms with Gasteiger partial charge < -0.3 is 4.74 Å². The third kappa shape index (κ3) is 3.81. The Morgan fingerprint density at radius 3 is 2.85 bits per heavy atom. The fourth-order valence-electron chi connectivity index (χ4n) is 3.32. The average molecular weight is 273 g/mol. The number of rotatable bonds is 6. The highest BCUT2D eigenvalue weighted by molar-refractivity contribution is 5.13. The molecule has 2 aliphatic heterocycles. The van der Waals surface area contributed by atoms with Crippen molar-refractivity contribution < 1.29 is 4.74 Å². The predicted octanol–water partition coefficient (Wildman–Crippen LogP) is 2.43. The molecule has 109 valence electrons. The van der Waals surface area contributed by atoms with E-state index in [0.29, 0.717) is 12.1 Å². The Morgan fingerprint density at radius 1 is 1.15 bits per heavy atom. The third-order valence-corrected chi connectivity index (χ3v) is 4.45. The van der Waals surface area contributed by atoms with Crippen LogP contribution in [0.25, 0.3) is 0 Å². The Hall–Kier alpha value is -0.900. The molecule has 3 heteroatoms. The zero-order valence-electron chi connectivity index (χ0n) is 12.2. The van der Waals surface area contributed by atoms with Gasteiger partial charge in [0.15, 0.2) is 0 Å². The van der Waals surface area contributed by atoms with Gasteiger partial charge in [0, 0.05) is 25.2 Å². The van der Waals surface area contributed by atoms with E-state index in [-0.39, 0.29) is 0 Å².